The van der Waals surface area contributed by atoms with Crippen LogP contribution in [0.2, 0.25) is 0 Å². The van der Waals surface area contributed by atoms with Crippen LogP contribution in [-0.4, -0.2) is 10.0 Å². The largest absolute Gasteiger partial charge is 0.467 e. The zero-order valence-corrected chi connectivity index (χ0v) is 11.1. The first-order valence-corrected chi connectivity index (χ1v) is 6.13. The minimum absolute atomic E-state index is 0.0335. The van der Waals surface area contributed by atoms with E-state index in [1.54, 1.807) is 30.5 Å². The monoisotopic (exact) mass is 292 g/mol. The average molecular weight is 292 g/mol. The van der Waals surface area contributed by atoms with E-state index in [1.807, 2.05) is 6.07 Å². The summed E-state index contributed by atoms with van der Waals surface area (Å²) in [7, 11) is 0. The number of hydrogen-bond donors (Lipinski definition) is 3. The lowest BCUT2D eigenvalue weighted by atomic mass is 10.3. The third-order valence-electron chi connectivity index (χ3n) is 2.41. The lowest BCUT2D eigenvalue weighted by Gasteiger charge is -2.11. The van der Waals surface area contributed by atoms with Crippen LogP contribution in [0.15, 0.2) is 47.1 Å². The minimum Gasteiger partial charge on any atom is -0.467 e. The molecule has 0 bridgehead atoms. The summed E-state index contributed by atoms with van der Waals surface area (Å²) < 4.78 is 5.14. The molecule has 0 unspecified atom stereocenters. The van der Waals surface area contributed by atoms with E-state index in [0.717, 1.165) is 5.76 Å². The van der Waals surface area contributed by atoms with Gasteiger partial charge in [0.2, 0.25) is 0 Å². The van der Waals surface area contributed by atoms with E-state index in [9.17, 15) is 10.1 Å². The second kappa shape index (κ2) is 6.53. The highest BCUT2D eigenvalue weighted by Crippen LogP contribution is 2.21. The van der Waals surface area contributed by atoms with Crippen LogP contribution in [0.25, 0.3) is 0 Å². The summed E-state index contributed by atoms with van der Waals surface area (Å²) in [6.07, 6.45) is 1.57. The molecule has 0 aliphatic rings. The van der Waals surface area contributed by atoms with Gasteiger partial charge >= 0.3 is 0 Å². The summed E-state index contributed by atoms with van der Waals surface area (Å²) in [5.41, 5.74) is 5.68. The predicted molar refractivity (Wildman–Crippen MR) is 78.0 cm³/mol. The molecule has 0 saturated heterocycles. The highest BCUT2D eigenvalue weighted by Gasteiger charge is 2.11. The molecule has 1 aromatic carbocycles. The molecule has 0 saturated carbocycles. The summed E-state index contributed by atoms with van der Waals surface area (Å²) in [6, 6.07) is 9.86. The van der Waals surface area contributed by atoms with Gasteiger partial charge in [-0.15, -0.1) is 0 Å². The zero-order chi connectivity index (χ0) is 14.4. The molecule has 0 amide bonds. The number of thiocarbonyl (C=S) groups is 1. The maximum Gasteiger partial charge on any atom is 0.294 e. The topological polar surface area (TPSA) is 92.4 Å². The van der Waals surface area contributed by atoms with E-state index in [1.165, 1.54) is 6.07 Å². The Bertz CT molecular complexity index is 601. The van der Waals surface area contributed by atoms with E-state index in [2.05, 4.69) is 16.2 Å². The summed E-state index contributed by atoms with van der Waals surface area (Å²) >= 11 is 5.04. The van der Waals surface area contributed by atoms with Crippen LogP contribution in [-0.2, 0) is 6.54 Å². The molecule has 0 spiro atoms. The van der Waals surface area contributed by atoms with Gasteiger partial charge in [-0.2, -0.15) is 0 Å². The summed E-state index contributed by atoms with van der Waals surface area (Å²) in [5, 5.41) is 14.0. The van der Waals surface area contributed by atoms with Gasteiger partial charge in [0.1, 0.15) is 11.4 Å². The lowest BCUT2D eigenvalue weighted by molar-refractivity contribution is -0.384. The van der Waals surface area contributed by atoms with Crippen molar-refractivity contribution in [1.82, 2.24) is 10.7 Å². The molecule has 104 valence electrons. The molecule has 20 heavy (non-hydrogen) atoms. The van der Waals surface area contributed by atoms with Crippen LogP contribution in [0, 0.1) is 10.1 Å². The molecular weight excluding hydrogens is 280 g/mol. The highest BCUT2D eigenvalue weighted by molar-refractivity contribution is 7.80. The Balaban J connectivity index is 1.85. The SMILES string of the molecule is O=[N+]([O-])c1ccccc1NNC(=S)NCc1ccco1. The number of nitrogens with zero attached hydrogens (tertiary/aromatic N) is 1. The normalized spacial score (nSPS) is 9.80. The molecule has 1 aromatic heterocycles. The molecule has 0 aliphatic heterocycles. The fourth-order valence-electron chi connectivity index (χ4n) is 1.49. The van der Waals surface area contributed by atoms with Gasteiger partial charge in [-0.1, -0.05) is 12.1 Å². The Morgan fingerprint density at radius 1 is 1.30 bits per heavy atom. The highest BCUT2D eigenvalue weighted by atomic mass is 32.1. The molecule has 0 atom stereocenters. The molecule has 7 nitrogen and oxygen atoms in total. The van der Waals surface area contributed by atoms with Crippen LogP contribution in [0.1, 0.15) is 5.76 Å². The summed E-state index contributed by atoms with van der Waals surface area (Å²) in [5.74, 6) is 0.736. The Labute approximate surface area is 120 Å². The van der Waals surface area contributed by atoms with E-state index in [4.69, 9.17) is 16.6 Å². The molecule has 2 rings (SSSR count). The van der Waals surface area contributed by atoms with E-state index >= 15 is 0 Å². The van der Waals surface area contributed by atoms with Gasteiger partial charge in [-0.25, -0.2) is 0 Å². The van der Waals surface area contributed by atoms with E-state index in [0.29, 0.717) is 17.3 Å². The molecule has 2 aromatic rings. The molecule has 3 N–H and O–H groups in total. The number of benzene rings is 1. The number of hydrazine groups is 1. The van der Waals surface area contributed by atoms with Crippen molar-refractivity contribution in [1.29, 1.82) is 0 Å². The van der Waals surface area contributed by atoms with Crippen molar-refractivity contribution in [2.45, 2.75) is 6.54 Å². The smallest absolute Gasteiger partial charge is 0.294 e. The third-order valence-corrected chi connectivity index (χ3v) is 2.66. The Hall–Kier alpha value is -2.61. The van der Waals surface area contributed by atoms with Crippen molar-refractivity contribution in [3.05, 3.63) is 58.5 Å². The standard InChI is InChI=1S/C12H12N4O3S/c17-16(18)11-6-2-1-5-10(11)14-15-12(20)13-8-9-4-3-7-19-9/h1-7,14H,8H2,(H2,13,15,20). The number of hydrogen-bond acceptors (Lipinski definition) is 5. The van der Waals surface area contributed by atoms with Crippen molar-refractivity contribution in [3.8, 4) is 0 Å². The Morgan fingerprint density at radius 2 is 2.10 bits per heavy atom. The Morgan fingerprint density at radius 3 is 2.80 bits per heavy atom. The molecule has 1 heterocycles. The Kier molecular flexibility index (Phi) is 4.51. The third kappa shape index (κ3) is 3.69. The van der Waals surface area contributed by atoms with Gasteiger partial charge in [0.15, 0.2) is 5.11 Å². The first kappa shape index (κ1) is 13.8. The fraction of sp³-hybridized carbons (Fsp3) is 0.0833. The maximum atomic E-state index is 10.8. The van der Waals surface area contributed by atoms with Crippen molar-refractivity contribution in [2.75, 3.05) is 5.43 Å². The molecular formula is C12H12N4O3S. The first-order valence-electron chi connectivity index (χ1n) is 5.72. The number of nitro groups is 1. The van der Waals surface area contributed by atoms with Crippen LogP contribution in [0.3, 0.4) is 0 Å². The number of nitro benzene ring substituents is 1. The molecule has 0 radical (unpaired) electrons. The minimum atomic E-state index is -0.469. The number of para-hydroxylation sites is 2. The van der Waals surface area contributed by atoms with Gasteiger partial charge in [-0.05, 0) is 30.4 Å². The van der Waals surface area contributed by atoms with Crippen molar-refractivity contribution in [3.63, 3.8) is 0 Å². The lowest BCUT2D eigenvalue weighted by Crippen LogP contribution is -2.38. The van der Waals surface area contributed by atoms with Gasteiger partial charge in [-0.3, -0.25) is 21.0 Å². The second-order valence-electron chi connectivity index (χ2n) is 3.79. The second-order valence-corrected chi connectivity index (χ2v) is 4.19. The molecule has 0 fully saturated rings. The fourth-order valence-corrected chi connectivity index (χ4v) is 1.61. The zero-order valence-electron chi connectivity index (χ0n) is 10.3. The first-order chi connectivity index (χ1) is 9.66. The van der Waals surface area contributed by atoms with Crippen LogP contribution in [0.5, 0.6) is 0 Å². The van der Waals surface area contributed by atoms with E-state index < -0.39 is 4.92 Å². The van der Waals surface area contributed by atoms with Crippen LogP contribution in [0.4, 0.5) is 11.4 Å². The summed E-state index contributed by atoms with van der Waals surface area (Å²) in [4.78, 5) is 10.4. The van der Waals surface area contributed by atoms with Crippen molar-refractivity contribution >= 4 is 28.7 Å². The molecule has 8 heteroatoms. The summed E-state index contributed by atoms with van der Waals surface area (Å²) in [6.45, 7) is 0.428. The van der Waals surface area contributed by atoms with E-state index in [-0.39, 0.29) is 5.69 Å². The number of nitrogens with one attached hydrogen (secondary N) is 3. The van der Waals surface area contributed by atoms with Crippen LogP contribution < -0.4 is 16.2 Å². The quantitative estimate of drug-likeness (QED) is 0.442. The maximum absolute atomic E-state index is 10.8. The predicted octanol–water partition coefficient (Wildman–Crippen LogP) is 2.18. The van der Waals surface area contributed by atoms with Crippen molar-refractivity contribution in [2.24, 2.45) is 0 Å². The average Bonchev–Trinajstić information content (AvgIpc) is 2.96. The van der Waals surface area contributed by atoms with Gasteiger partial charge < -0.3 is 9.73 Å². The van der Waals surface area contributed by atoms with Crippen LogP contribution >= 0.6 is 12.2 Å². The number of rotatable bonds is 5. The number of anilines is 1. The van der Waals surface area contributed by atoms with Crippen molar-refractivity contribution < 1.29 is 9.34 Å². The van der Waals surface area contributed by atoms with Gasteiger partial charge in [0.25, 0.3) is 5.69 Å². The molecule has 0 aliphatic carbocycles. The van der Waals surface area contributed by atoms with Gasteiger partial charge in [0, 0.05) is 6.07 Å². The van der Waals surface area contributed by atoms with Gasteiger partial charge in [0.05, 0.1) is 17.7 Å². The number of furan rings is 1.